The van der Waals surface area contributed by atoms with Crippen LogP contribution in [0.1, 0.15) is 43.6 Å². The molecule has 132 valence electrons. The summed E-state index contributed by atoms with van der Waals surface area (Å²) in [6, 6.07) is 4.19. The minimum absolute atomic E-state index is 0.0495. The number of nitrogens with one attached hydrogen (secondary N) is 1. The first-order valence-electron chi connectivity index (χ1n) is 8.32. The average molecular weight is 382 g/mol. The zero-order valence-corrected chi connectivity index (χ0v) is 15.0. The average Bonchev–Trinajstić information content (AvgIpc) is 2.55. The Hall–Kier alpha value is -1.66. The summed E-state index contributed by atoms with van der Waals surface area (Å²) in [4.78, 5) is 12.9. The molecule has 0 saturated carbocycles. The van der Waals surface area contributed by atoms with E-state index in [1.54, 1.807) is 0 Å². The van der Waals surface area contributed by atoms with E-state index in [-0.39, 0.29) is 21.5 Å². The lowest BCUT2D eigenvalue weighted by Crippen LogP contribution is -2.37. The molecule has 0 spiro atoms. The number of hydrogen-bond donors (Lipinski definition) is 1. The monoisotopic (exact) mass is 381 g/mol. The standard InChI is InChI=1S/C18H17ClFNO3S/c19-11-9-10(6-7-12(11)20)16-17-13(3-1-5-15(17)22)21-14-4-2-8-25(23,24)18(14)16/h6-7,9,16,21H,1-5,8H2. The minimum Gasteiger partial charge on any atom is -0.361 e. The van der Waals surface area contributed by atoms with E-state index in [1.807, 2.05) is 0 Å². The van der Waals surface area contributed by atoms with Gasteiger partial charge in [0, 0.05) is 23.4 Å². The third-order valence-electron chi connectivity index (χ3n) is 5.06. The van der Waals surface area contributed by atoms with E-state index < -0.39 is 21.6 Å². The van der Waals surface area contributed by atoms with Crippen LogP contribution in [-0.2, 0) is 14.6 Å². The Labute approximate surface area is 150 Å². The molecule has 3 aliphatic rings. The Morgan fingerprint density at radius 1 is 1.12 bits per heavy atom. The molecular formula is C18H17ClFNO3S. The molecule has 1 unspecified atom stereocenters. The Morgan fingerprint density at radius 3 is 2.64 bits per heavy atom. The first kappa shape index (κ1) is 16.8. The number of allylic oxidation sites excluding steroid dienone is 4. The second-order valence-electron chi connectivity index (χ2n) is 6.67. The molecule has 1 N–H and O–H groups in total. The summed E-state index contributed by atoms with van der Waals surface area (Å²) in [5.74, 6) is -1.24. The number of sulfone groups is 1. The van der Waals surface area contributed by atoms with Gasteiger partial charge in [-0.15, -0.1) is 0 Å². The van der Waals surface area contributed by atoms with Gasteiger partial charge in [-0.1, -0.05) is 17.7 Å². The highest BCUT2D eigenvalue weighted by molar-refractivity contribution is 7.95. The normalized spacial score (nSPS) is 25.4. The maximum Gasteiger partial charge on any atom is 0.177 e. The van der Waals surface area contributed by atoms with Crippen molar-refractivity contribution in [1.29, 1.82) is 0 Å². The zero-order chi connectivity index (χ0) is 17.8. The predicted molar refractivity (Wildman–Crippen MR) is 93.2 cm³/mol. The molecule has 0 fully saturated rings. The first-order chi connectivity index (χ1) is 11.9. The van der Waals surface area contributed by atoms with Gasteiger partial charge >= 0.3 is 0 Å². The Kier molecular flexibility index (Phi) is 4.00. The summed E-state index contributed by atoms with van der Waals surface area (Å²) in [7, 11) is -3.48. The Bertz CT molecular complexity index is 949. The van der Waals surface area contributed by atoms with Gasteiger partial charge in [0.1, 0.15) is 5.82 Å². The lowest BCUT2D eigenvalue weighted by Gasteiger charge is -2.37. The van der Waals surface area contributed by atoms with Gasteiger partial charge in [-0.05, 0) is 43.4 Å². The van der Waals surface area contributed by atoms with Gasteiger partial charge in [-0.3, -0.25) is 4.79 Å². The predicted octanol–water partition coefficient (Wildman–Crippen LogP) is 3.59. The summed E-state index contributed by atoms with van der Waals surface area (Å²) in [5, 5.41) is 3.15. The molecule has 1 aromatic carbocycles. The number of dihydropyridines is 1. The summed E-state index contributed by atoms with van der Waals surface area (Å²) < 4.78 is 39.2. The third-order valence-corrected chi connectivity index (χ3v) is 7.33. The van der Waals surface area contributed by atoms with Gasteiger partial charge in [0.25, 0.3) is 0 Å². The van der Waals surface area contributed by atoms with Crippen LogP contribution in [0.4, 0.5) is 4.39 Å². The highest BCUT2D eigenvalue weighted by atomic mass is 35.5. The molecule has 1 aromatic rings. The molecule has 0 radical (unpaired) electrons. The summed E-state index contributed by atoms with van der Waals surface area (Å²) in [5.41, 5.74) is 2.52. The maximum atomic E-state index is 13.6. The third kappa shape index (κ3) is 2.72. The van der Waals surface area contributed by atoms with Gasteiger partial charge in [-0.2, -0.15) is 0 Å². The number of Topliss-reactive ketones (excluding diaryl/α,β-unsaturated/α-hetero) is 1. The second-order valence-corrected chi connectivity index (χ2v) is 9.15. The van der Waals surface area contributed by atoms with Crippen molar-refractivity contribution in [3.8, 4) is 0 Å². The van der Waals surface area contributed by atoms with Crippen molar-refractivity contribution >= 4 is 27.2 Å². The highest BCUT2D eigenvalue weighted by Crippen LogP contribution is 2.47. The minimum atomic E-state index is -3.48. The fourth-order valence-electron chi connectivity index (χ4n) is 3.99. The van der Waals surface area contributed by atoms with Crippen molar-refractivity contribution in [2.24, 2.45) is 0 Å². The molecule has 2 heterocycles. The second kappa shape index (κ2) is 5.95. The molecule has 0 aromatic heterocycles. The smallest absolute Gasteiger partial charge is 0.177 e. The first-order valence-corrected chi connectivity index (χ1v) is 10.4. The molecule has 0 amide bonds. The highest BCUT2D eigenvalue weighted by Gasteiger charge is 2.43. The number of ketones is 1. The van der Waals surface area contributed by atoms with Crippen molar-refractivity contribution in [3.63, 3.8) is 0 Å². The van der Waals surface area contributed by atoms with Gasteiger partial charge < -0.3 is 5.32 Å². The molecular weight excluding hydrogens is 365 g/mol. The van der Waals surface area contributed by atoms with Crippen LogP contribution in [0.2, 0.25) is 5.02 Å². The molecule has 2 aliphatic heterocycles. The van der Waals surface area contributed by atoms with E-state index in [4.69, 9.17) is 11.6 Å². The van der Waals surface area contributed by atoms with Crippen LogP contribution >= 0.6 is 11.6 Å². The van der Waals surface area contributed by atoms with Crippen LogP contribution in [-0.4, -0.2) is 20.0 Å². The van der Waals surface area contributed by atoms with E-state index in [0.29, 0.717) is 42.5 Å². The lowest BCUT2D eigenvalue weighted by molar-refractivity contribution is -0.116. The van der Waals surface area contributed by atoms with Crippen molar-refractivity contribution in [1.82, 2.24) is 5.32 Å². The molecule has 4 rings (SSSR count). The van der Waals surface area contributed by atoms with E-state index in [1.165, 1.54) is 18.2 Å². The quantitative estimate of drug-likeness (QED) is 0.807. The zero-order valence-electron chi connectivity index (χ0n) is 13.4. The van der Waals surface area contributed by atoms with Crippen molar-refractivity contribution < 1.29 is 17.6 Å². The largest absolute Gasteiger partial charge is 0.361 e. The Morgan fingerprint density at radius 2 is 1.88 bits per heavy atom. The molecule has 25 heavy (non-hydrogen) atoms. The Balaban J connectivity index is 1.97. The van der Waals surface area contributed by atoms with Crippen molar-refractivity contribution in [2.45, 2.75) is 38.0 Å². The molecule has 4 nitrogen and oxygen atoms in total. The van der Waals surface area contributed by atoms with E-state index in [9.17, 15) is 17.6 Å². The van der Waals surface area contributed by atoms with Gasteiger partial charge in [0.2, 0.25) is 0 Å². The number of rotatable bonds is 1. The molecule has 0 saturated heterocycles. The number of halogens is 2. The SMILES string of the molecule is O=C1CCCC2=C1C(c1ccc(F)c(Cl)c1)C1=C(CCCS1(=O)=O)N2. The fraction of sp³-hybridized carbons (Fsp3) is 0.389. The van der Waals surface area contributed by atoms with Gasteiger partial charge in [0.05, 0.1) is 21.6 Å². The van der Waals surface area contributed by atoms with Crippen LogP contribution in [0.15, 0.2) is 40.1 Å². The molecule has 0 bridgehead atoms. The topological polar surface area (TPSA) is 63.2 Å². The van der Waals surface area contributed by atoms with Crippen LogP contribution in [0.3, 0.4) is 0 Å². The van der Waals surface area contributed by atoms with E-state index in [2.05, 4.69) is 5.32 Å². The summed E-state index contributed by atoms with van der Waals surface area (Å²) in [6.07, 6.45) is 3.04. The fourth-order valence-corrected chi connectivity index (χ4v) is 6.06. The van der Waals surface area contributed by atoms with Gasteiger partial charge in [-0.25, -0.2) is 12.8 Å². The maximum absolute atomic E-state index is 13.6. The van der Waals surface area contributed by atoms with Crippen molar-refractivity contribution in [3.05, 3.63) is 56.5 Å². The van der Waals surface area contributed by atoms with Crippen molar-refractivity contribution in [2.75, 3.05) is 5.75 Å². The van der Waals surface area contributed by atoms with E-state index in [0.717, 1.165) is 12.1 Å². The van der Waals surface area contributed by atoms with Crippen LogP contribution < -0.4 is 5.32 Å². The summed E-state index contributed by atoms with van der Waals surface area (Å²) in [6.45, 7) is 0. The molecule has 7 heteroatoms. The molecule has 1 atom stereocenters. The van der Waals surface area contributed by atoms with Crippen LogP contribution in [0, 0.1) is 5.82 Å². The summed E-state index contributed by atoms with van der Waals surface area (Å²) >= 11 is 5.93. The van der Waals surface area contributed by atoms with E-state index >= 15 is 0 Å². The van der Waals surface area contributed by atoms with Crippen LogP contribution in [0.5, 0.6) is 0 Å². The number of carbonyl (C=O) groups is 1. The van der Waals surface area contributed by atoms with Crippen LogP contribution in [0.25, 0.3) is 0 Å². The number of carbonyl (C=O) groups excluding carboxylic acids is 1. The molecule has 1 aliphatic carbocycles. The number of hydrogen-bond acceptors (Lipinski definition) is 4. The lowest BCUT2D eigenvalue weighted by atomic mass is 9.79. The number of benzene rings is 1. The van der Waals surface area contributed by atoms with Gasteiger partial charge in [0.15, 0.2) is 15.6 Å².